The monoisotopic (exact) mass is 229 g/mol. The molecule has 2 atom stereocenters. The molecule has 1 fully saturated rings. The molecule has 0 aromatic rings. The number of primary amides is 1. The van der Waals surface area contributed by atoms with Crippen molar-refractivity contribution >= 4 is 17.8 Å². The molecule has 1 heterocycles. The van der Waals surface area contributed by atoms with Crippen molar-refractivity contribution in [3.05, 3.63) is 0 Å². The van der Waals surface area contributed by atoms with E-state index in [1.807, 2.05) is 0 Å². The van der Waals surface area contributed by atoms with E-state index in [9.17, 15) is 14.4 Å². The number of carbonyl (C=O) groups excluding carboxylic acids is 2. The lowest BCUT2D eigenvalue weighted by Crippen LogP contribution is -2.49. The van der Waals surface area contributed by atoms with Crippen LogP contribution in [0.2, 0.25) is 0 Å². The summed E-state index contributed by atoms with van der Waals surface area (Å²) in [7, 11) is 0. The third-order valence-electron chi connectivity index (χ3n) is 2.40. The SMILES string of the molecule is NC(=O)C[C@@H](NC(=O)C1CCCN1)C(=O)O. The van der Waals surface area contributed by atoms with Crippen LogP contribution in [-0.2, 0) is 14.4 Å². The van der Waals surface area contributed by atoms with Gasteiger partial charge in [0, 0.05) is 0 Å². The highest BCUT2D eigenvalue weighted by Gasteiger charge is 2.27. The van der Waals surface area contributed by atoms with Crippen molar-refractivity contribution in [2.45, 2.75) is 31.3 Å². The molecule has 1 aliphatic rings. The molecule has 0 bridgehead atoms. The van der Waals surface area contributed by atoms with Gasteiger partial charge in [0.25, 0.3) is 0 Å². The number of carboxylic acid groups (broad SMARTS) is 1. The van der Waals surface area contributed by atoms with E-state index in [0.29, 0.717) is 6.42 Å². The van der Waals surface area contributed by atoms with Gasteiger partial charge in [-0.1, -0.05) is 0 Å². The van der Waals surface area contributed by atoms with Gasteiger partial charge in [-0.05, 0) is 19.4 Å². The molecule has 1 rings (SSSR count). The van der Waals surface area contributed by atoms with Crippen molar-refractivity contribution < 1.29 is 19.5 Å². The van der Waals surface area contributed by atoms with Gasteiger partial charge in [-0.2, -0.15) is 0 Å². The summed E-state index contributed by atoms with van der Waals surface area (Å²) in [6.07, 6.45) is 1.16. The zero-order valence-corrected chi connectivity index (χ0v) is 8.73. The average molecular weight is 229 g/mol. The zero-order valence-electron chi connectivity index (χ0n) is 8.73. The predicted molar refractivity (Wildman–Crippen MR) is 54.4 cm³/mol. The molecule has 0 radical (unpaired) electrons. The molecule has 1 unspecified atom stereocenters. The van der Waals surface area contributed by atoms with E-state index in [2.05, 4.69) is 10.6 Å². The molecule has 0 spiro atoms. The fourth-order valence-corrected chi connectivity index (χ4v) is 1.58. The molecule has 1 saturated heterocycles. The quantitative estimate of drug-likeness (QED) is 0.442. The molecular formula is C9H15N3O4. The van der Waals surface area contributed by atoms with Crippen LogP contribution in [0, 0.1) is 0 Å². The van der Waals surface area contributed by atoms with E-state index in [0.717, 1.165) is 13.0 Å². The Balaban J connectivity index is 2.50. The second-order valence-electron chi connectivity index (χ2n) is 3.72. The number of amides is 2. The summed E-state index contributed by atoms with van der Waals surface area (Å²) in [5, 5.41) is 14.0. The number of nitrogens with two attached hydrogens (primary N) is 1. The molecule has 0 saturated carbocycles. The van der Waals surface area contributed by atoms with Gasteiger partial charge in [0.1, 0.15) is 6.04 Å². The summed E-state index contributed by atoms with van der Waals surface area (Å²) in [6, 6.07) is -1.61. The fourth-order valence-electron chi connectivity index (χ4n) is 1.58. The number of aliphatic carboxylic acids is 1. The van der Waals surface area contributed by atoms with Gasteiger partial charge in [-0.25, -0.2) is 4.79 Å². The van der Waals surface area contributed by atoms with Crippen LogP contribution in [0.3, 0.4) is 0 Å². The third kappa shape index (κ3) is 3.50. The van der Waals surface area contributed by atoms with Gasteiger partial charge in [0.2, 0.25) is 11.8 Å². The highest BCUT2D eigenvalue weighted by molar-refractivity contribution is 5.90. The molecule has 0 aromatic carbocycles. The number of hydrogen-bond donors (Lipinski definition) is 4. The number of rotatable bonds is 5. The average Bonchev–Trinajstić information content (AvgIpc) is 2.68. The first-order valence-corrected chi connectivity index (χ1v) is 5.05. The maximum atomic E-state index is 11.6. The highest BCUT2D eigenvalue weighted by atomic mass is 16.4. The molecule has 5 N–H and O–H groups in total. The standard InChI is InChI=1S/C9H15N3O4/c10-7(13)4-6(9(15)16)12-8(14)5-2-1-3-11-5/h5-6,11H,1-4H2,(H2,10,13)(H,12,14)(H,15,16)/t5?,6-/m1/s1. The van der Waals surface area contributed by atoms with Crippen LogP contribution in [0.5, 0.6) is 0 Å². The Morgan fingerprint density at radius 2 is 2.19 bits per heavy atom. The summed E-state index contributed by atoms with van der Waals surface area (Å²) in [4.78, 5) is 32.9. The number of nitrogens with one attached hydrogen (secondary N) is 2. The Morgan fingerprint density at radius 1 is 1.50 bits per heavy atom. The van der Waals surface area contributed by atoms with Crippen LogP contribution in [0.15, 0.2) is 0 Å². The maximum absolute atomic E-state index is 11.6. The van der Waals surface area contributed by atoms with Gasteiger partial charge in [-0.3, -0.25) is 9.59 Å². The van der Waals surface area contributed by atoms with Crippen molar-refractivity contribution in [2.75, 3.05) is 6.54 Å². The number of hydrogen-bond acceptors (Lipinski definition) is 4. The largest absolute Gasteiger partial charge is 0.480 e. The minimum atomic E-state index is -1.26. The summed E-state index contributed by atoms with van der Waals surface area (Å²) in [5.41, 5.74) is 4.89. The molecule has 1 aliphatic heterocycles. The third-order valence-corrected chi connectivity index (χ3v) is 2.40. The summed E-state index contributed by atoms with van der Waals surface area (Å²) in [6.45, 7) is 0.742. The van der Waals surface area contributed by atoms with Crippen molar-refractivity contribution in [1.29, 1.82) is 0 Å². The van der Waals surface area contributed by atoms with Crippen LogP contribution < -0.4 is 16.4 Å². The normalized spacial score (nSPS) is 21.4. The van der Waals surface area contributed by atoms with Crippen molar-refractivity contribution in [3.63, 3.8) is 0 Å². The Labute approximate surface area is 92.4 Å². The Bertz CT molecular complexity index is 299. The molecule has 7 heteroatoms. The topological polar surface area (TPSA) is 122 Å². The molecule has 0 aromatic heterocycles. The van der Waals surface area contributed by atoms with Gasteiger partial charge in [-0.15, -0.1) is 0 Å². The molecule has 90 valence electrons. The van der Waals surface area contributed by atoms with E-state index in [4.69, 9.17) is 10.8 Å². The van der Waals surface area contributed by atoms with Gasteiger partial charge < -0.3 is 21.5 Å². The zero-order chi connectivity index (χ0) is 12.1. The van der Waals surface area contributed by atoms with E-state index in [1.165, 1.54) is 0 Å². The van der Waals surface area contributed by atoms with Gasteiger partial charge in [0.05, 0.1) is 12.5 Å². The van der Waals surface area contributed by atoms with Crippen LogP contribution >= 0.6 is 0 Å². The van der Waals surface area contributed by atoms with Crippen LogP contribution in [-0.4, -0.2) is 41.5 Å². The predicted octanol–water partition coefficient (Wildman–Crippen LogP) is -1.82. The molecule has 2 amide bonds. The first-order chi connectivity index (χ1) is 7.50. The van der Waals surface area contributed by atoms with Crippen LogP contribution in [0.25, 0.3) is 0 Å². The lowest BCUT2D eigenvalue weighted by Gasteiger charge is -2.16. The van der Waals surface area contributed by atoms with Crippen LogP contribution in [0.4, 0.5) is 0 Å². The second kappa shape index (κ2) is 5.45. The maximum Gasteiger partial charge on any atom is 0.326 e. The number of carboxylic acids is 1. The smallest absolute Gasteiger partial charge is 0.326 e. The van der Waals surface area contributed by atoms with E-state index < -0.39 is 30.2 Å². The lowest BCUT2D eigenvalue weighted by atomic mass is 10.1. The Hall–Kier alpha value is -1.63. The lowest BCUT2D eigenvalue weighted by molar-refractivity contribution is -0.143. The highest BCUT2D eigenvalue weighted by Crippen LogP contribution is 2.05. The molecule has 0 aliphatic carbocycles. The Morgan fingerprint density at radius 3 is 2.62 bits per heavy atom. The first-order valence-electron chi connectivity index (χ1n) is 5.05. The van der Waals surface area contributed by atoms with E-state index in [-0.39, 0.29) is 6.04 Å². The van der Waals surface area contributed by atoms with Crippen molar-refractivity contribution in [3.8, 4) is 0 Å². The van der Waals surface area contributed by atoms with Crippen LogP contribution in [0.1, 0.15) is 19.3 Å². The van der Waals surface area contributed by atoms with E-state index >= 15 is 0 Å². The first kappa shape index (κ1) is 12.4. The Kier molecular flexibility index (Phi) is 4.24. The van der Waals surface area contributed by atoms with Gasteiger partial charge >= 0.3 is 5.97 Å². The summed E-state index contributed by atoms with van der Waals surface area (Å²) >= 11 is 0. The fraction of sp³-hybridized carbons (Fsp3) is 0.667. The van der Waals surface area contributed by atoms with Gasteiger partial charge in [0.15, 0.2) is 0 Å². The van der Waals surface area contributed by atoms with Crippen molar-refractivity contribution in [2.24, 2.45) is 5.73 Å². The summed E-state index contributed by atoms with van der Waals surface area (Å²) in [5.74, 6) is -2.41. The minimum Gasteiger partial charge on any atom is -0.480 e. The molecular weight excluding hydrogens is 214 g/mol. The van der Waals surface area contributed by atoms with Crippen molar-refractivity contribution in [1.82, 2.24) is 10.6 Å². The minimum absolute atomic E-state index is 0.366. The molecule has 16 heavy (non-hydrogen) atoms. The summed E-state index contributed by atoms with van der Waals surface area (Å²) < 4.78 is 0. The van der Waals surface area contributed by atoms with E-state index in [1.54, 1.807) is 0 Å². The second-order valence-corrected chi connectivity index (χ2v) is 3.72. The molecule has 7 nitrogen and oxygen atoms in total. The number of carbonyl (C=O) groups is 3.